The van der Waals surface area contributed by atoms with Gasteiger partial charge in [0.25, 0.3) is 5.75 Å². The van der Waals surface area contributed by atoms with Crippen LogP contribution in [0.4, 0.5) is 25.2 Å². The van der Waals surface area contributed by atoms with E-state index in [-0.39, 0.29) is 11.5 Å². The maximum absolute atomic E-state index is 12.4. The topological polar surface area (TPSA) is 34.1 Å². The second-order valence-electron chi connectivity index (χ2n) is 6.10. The Morgan fingerprint density at radius 1 is 0.700 bits per heavy atom. The third kappa shape index (κ3) is 8.39. The number of hydrogen-bond acceptors (Lipinski definition) is 2. The van der Waals surface area contributed by atoms with Crippen LogP contribution in [0.5, 0.6) is 0 Å². The predicted molar refractivity (Wildman–Crippen MR) is 108 cm³/mol. The molecule has 0 aliphatic rings. The van der Waals surface area contributed by atoms with Crippen molar-refractivity contribution >= 4 is 25.3 Å². The van der Waals surface area contributed by atoms with Gasteiger partial charge in [-0.1, -0.05) is 78.9 Å². The first-order chi connectivity index (χ1) is 13.8. The molecule has 0 aromatic heterocycles. The van der Waals surface area contributed by atoms with Crippen LogP contribution in [0.1, 0.15) is 10.4 Å². The number of hydrogen-bond donors (Lipinski definition) is 0. The zero-order valence-corrected chi connectivity index (χ0v) is 16.9. The van der Waals surface area contributed by atoms with E-state index in [0.29, 0.717) is 17.2 Å². The van der Waals surface area contributed by atoms with Crippen molar-refractivity contribution in [2.24, 2.45) is 0 Å². The summed E-state index contributed by atoms with van der Waals surface area (Å²) in [5.41, 5.74) is 4.51. The van der Waals surface area contributed by atoms with Gasteiger partial charge in [0.05, 0.1) is 0 Å². The van der Waals surface area contributed by atoms with Crippen LogP contribution in [0.2, 0.25) is 0 Å². The largest absolute Gasteiger partial charge is 0.467 e. The summed E-state index contributed by atoms with van der Waals surface area (Å²) in [6.07, 6.45) is 0. The quantitative estimate of drug-likeness (QED) is 0.166. The average Bonchev–Trinajstić information content (AvgIpc) is 2.66. The maximum atomic E-state index is 12.4. The van der Waals surface area contributed by atoms with Gasteiger partial charge in [0.2, 0.25) is 5.78 Å². The van der Waals surface area contributed by atoms with E-state index < -0.39 is 7.81 Å². The normalized spacial score (nSPS) is 13.3. The summed E-state index contributed by atoms with van der Waals surface area (Å²) in [4.78, 5) is 12.4. The molecule has 0 N–H and O–H groups in total. The smallest absolute Gasteiger partial charge is 0.288 e. The fourth-order valence-electron chi connectivity index (χ4n) is 2.69. The van der Waals surface area contributed by atoms with Gasteiger partial charge in [-0.25, -0.2) is 0 Å². The number of benzene rings is 3. The minimum absolute atomic E-state index is 0.0575. The van der Waals surface area contributed by atoms with E-state index in [9.17, 15) is 34.2 Å². The van der Waals surface area contributed by atoms with Crippen molar-refractivity contribution in [3.05, 3.63) is 84.4 Å². The summed E-state index contributed by atoms with van der Waals surface area (Å²) in [6, 6.07) is 25.5. The molecule has 0 atom stereocenters. The number of halogens is 6. The summed E-state index contributed by atoms with van der Waals surface area (Å²) in [6.45, 7) is 0. The van der Waals surface area contributed by atoms with Gasteiger partial charge < -0.3 is 0 Å². The molecule has 0 radical (unpaired) electrons. The molecule has 0 heterocycles. The molecule has 3 rings (SSSR count). The molecule has 160 valence electrons. The fraction of sp³-hybridized carbons (Fsp3) is 0.0500. The molecule has 0 aliphatic carbocycles. The minimum atomic E-state index is -10.7. The molecule has 10 heteroatoms. The van der Waals surface area contributed by atoms with Crippen LogP contribution in [-0.2, 0) is 15.9 Å². The number of carbonyl (C=O) groups is 1. The van der Waals surface area contributed by atoms with Gasteiger partial charge in [-0.2, -0.15) is 0 Å². The Labute approximate surface area is 172 Å². The first-order valence-corrected chi connectivity index (χ1v) is 11.3. The molecule has 3 aromatic carbocycles. The summed E-state index contributed by atoms with van der Waals surface area (Å²) < 4.78 is 70.0. The predicted octanol–water partition coefficient (Wildman–Crippen LogP) is 8.01. The molecule has 0 fully saturated rings. The Hall–Kier alpha value is -2.64. The van der Waals surface area contributed by atoms with Gasteiger partial charge in [-0.15, -0.1) is 0 Å². The van der Waals surface area contributed by atoms with Crippen molar-refractivity contribution in [2.45, 2.75) is 0 Å². The van der Waals surface area contributed by atoms with Crippen molar-refractivity contribution in [1.82, 2.24) is 0 Å². The van der Waals surface area contributed by atoms with Crippen LogP contribution in [0.25, 0.3) is 22.3 Å². The number of ketones is 1. The Morgan fingerprint density at radius 3 is 1.63 bits per heavy atom. The summed E-state index contributed by atoms with van der Waals surface area (Å²) in [5, 5.41) is 0. The molecule has 30 heavy (non-hydrogen) atoms. The van der Waals surface area contributed by atoms with Crippen molar-refractivity contribution in [3.63, 3.8) is 0 Å². The standard InChI is InChI=1S/C20H15O2S.F6P/c21-19(14-23-22)18-13-7-12-17(15-8-3-1-4-9-15)20(18)16-10-5-2-6-11-16;1-7(2,3,4,5)6/h1-13H,14H2;/q+1;-1. The van der Waals surface area contributed by atoms with Crippen LogP contribution in [0.15, 0.2) is 78.9 Å². The van der Waals surface area contributed by atoms with E-state index in [1.54, 1.807) is 6.07 Å². The number of Topliss-reactive ketones (excluding diaryl/α,β-unsaturated/α-hetero) is 1. The van der Waals surface area contributed by atoms with Crippen molar-refractivity contribution < 1.29 is 34.2 Å². The van der Waals surface area contributed by atoms with E-state index in [1.165, 1.54) is 0 Å². The van der Waals surface area contributed by atoms with Crippen molar-refractivity contribution in [1.29, 1.82) is 0 Å². The van der Waals surface area contributed by atoms with Crippen LogP contribution < -0.4 is 0 Å². The zero-order valence-electron chi connectivity index (χ0n) is 15.2. The second-order valence-corrected chi connectivity index (χ2v) is 8.54. The Bertz CT molecular complexity index is 1030. The van der Waals surface area contributed by atoms with Gasteiger partial charge in [0.15, 0.2) is 0 Å². The average molecular weight is 464 g/mol. The summed E-state index contributed by atoms with van der Waals surface area (Å²) in [7, 11) is -10.7. The SMILES string of the molecule is F[P-](F)(F)(F)(F)F.O=[S+]CC(=O)c1cccc(-c2ccccc2)c1-c1ccccc1. The molecular formula is C20H15F6O2PS. The van der Waals surface area contributed by atoms with Crippen LogP contribution in [0, 0.1) is 0 Å². The van der Waals surface area contributed by atoms with Gasteiger partial charge in [-0.05, 0) is 16.7 Å². The van der Waals surface area contributed by atoms with Gasteiger partial charge in [0, 0.05) is 15.3 Å². The Morgan fingerprint density at radius 2 is 1.17 bits per heavy atom. The molecule has 0 spiro atoms. The molecule has 0 aliphatic heterocycles. The molecule has 0 bridgehead atoms. The third-order valence-corrected chi connectivity index (χ3v) is 4.08. The van der Waals surface area contributed by atoms with Gasteiger partial charge >= 0.3 is 44.7 Å². The first kappa shape index (κ1) is 23.6. The molecule has 0 saturated carbocycles. The van der Waals surface area contributed by atoms with E-state index in [0.717, 1.165) is 22.3 Å². The van der Waals surface area contributed by atoms with Gasteiger partial charge in [-0.3, -0.25) is 4.79 Å². The van der Waals surface area contributed by atoms with Gasteiger partial charge in [0.1, 0.15) is 0 Å². The fourth-order valence-corrected chi connectivity index (χ4v) is 2.95. The molecule has 3 aromatic rings. The molecule has 0 saturated heterocycles. The molecule has 2 nitrogen and oxygen atoms in total. The van der Waals surface area contributed by atoms with Crippen molar-refractivity contribution in [2.75, 3.05) is 5.75 Å². The van der Waals surface area contributed by atoms with Crippen LogP contribution in [-0.4, -0.2) is 11.5 Å². The van der Waals surface area contributed by atoms with E-state index in [4.69, 9.17) is 0 Å². The van der Waals surface area contributed by atoms with E-state index in [1.807, 2.05) is 72.8 Å². The first-order valence-electron chi connectivity index (χ1n) is 8.34. The van der Waals surface area contributed by atoms with E-state index in [2.05, 4.69) is 0 Å². The Kier molecular flexibility index (Phi) is 6.49. The number of rotatable bonds is 5. The third-order valence-electron chi connectivity index (χ3n) is 3.70. The van der Waals surface area contributed by atoms with E-state index >= 15 is 0 Å². The summed E-state index contributed by atoms with van der Waals surface area (Å²) >= 11 is 0.311. The van der Waals surface area contributed by atoms with Crippen LogP contribution >= 0.6 is 7.81 Å². The molecular weight excluding hydrogens is 449 g/mol. The molecule has 0 unspecified atom stereocenters. The monoisotopic (exact) mass is 464 g/mol. The summed E-state index contributed by atoms with van der Waals surface area (Å²) in [5.74, 6) is -0.195. The minimum Gasteiger partial charge on any atom is -0.288 e. The zero-order chi connectivity index (χ0) is 22.5. The maximum Gasteiger partial charge on any atom is 0.467 e. The van der Waals surface area contributed by atoms with Crippen LogP contribution in [0.3, 0.4) is 0 Å². The Balaban J connectivity index is 0.000000396. The number of carbonyl (C=O) groups excluding carboxylic acids is 1. The second kappa shape index (κ2) is 8.24. The molecule has 0 amide bonds. The van der Waals surface area contributed by atoms with Crippen molar-refractivity contribution in [3.8, 4) is 22.3 Å².